The summed E-state index contributed by atoms with van der Waals surface area (Å²) < 4.78 is 33.3. The lowest BCUT2D eigenvalue weighted by Crippen LogP contribution is -2.23. The van der Waals surface area contributed by atoms with Gasteiger partial charge in [0.05, 0.1) is 41.6 Å². The highest BCUT2D eigenvalue weighted by Gasteiger charge is 2.23. The van der Waals surface area contributed by atoms with Crippen LogP contribution in [0.2, 0.25) is 5.02 Å². The van der Waals surface area contributed by atoms with Crippen molar-refractivity contribution in [3.63, 3.8) is 0 Å². The molecule has 0 aliphatic heterocycles. The van der Waals surface area contributed by atoms with Crippen LogP contribution in [-0.4, -0.2) is 53.6 Å². The number of hydrogen-bond donors (Lipinski definition) is 3. The number of anilines is 2. The van der Waals surface area contributed by atoms with Crippen LogP contribution in [0.25, 0.3) is 5.69 Å². The van der Waals surface area contributed by atoms with Gasteiger partial charge in [0, 0.05) is 24.5 Å². The third-order valence-electron chi connectivity index (χ3n) is 6.06. The number of carbonyl (C=O) groups excluding carboxylic acids is 2. The number of aromatic nitrogens is 4. The minimum atomic E-state index is -3.64. The van der Waals surface area contributed by atoms with Gasteiger partial charge in [-0.2, -0.15) is 0 Å². The summed E-state index contributed by atoms with van der Waals surface area (Å²) in [5.41, 5.74) is 2.26. The van der Waals surface area contributed by atoms with Crippen LogP contribution in [0.4, 0.5) is 11.4 Å². The van der Waals surface area contributed by atoms with E-state index in [4.69, 9.17) is 16.3 Å². The number of amides is 2. The number of hydrogen-bond acceptors (Lipinski definition) is 8. The SMILES string of the molecule is COc1c(NC(=O)c2ccc(Cl)c(-n3cc(C(=O)NCc4cccnc4)nn3)c2)cc(C(C)(C)C)cc1NS(C)(=O)=O. The van der Waals surface area contributed by atoms with E-state index in [9.17, 15) is 18.0 Å². The molecule has 14 heteroatoms. The molecule has 3 N–H and O–H groups in total. The van der Waals surface area contributed by atoms with E-state index in [-0.39, 0.29) is 45.4 Å². The van der Waals surface area contributed by atoms with Crippen LogP contribution in [0.1, 0.15) is 52.7 Å². The Morgan fingerprint density at radius 2 is 1.81 bits per heavy atom. The van der Waals surface area contributed by atoms with Crippen LogP contribution < -0.4 is 20.1 Å². The highest BCUT2D eigenvalue weighted by atomic mass is 35.5. The third kappa shape index (κ3) is 7.42. The van der Waals surface area contributed by atoms with Gasteiger partial charge in [-0.15, -0.1) is 5.10 Å². The largest absolute Gasteiger partial charge is 0.492 e. The average Bonchev–Trinajstić information content (AvgIpc) is 3.41. The van der Waals surface area contributed by atoms with Gasteiger partial charge in [0.15, 0.2) is 11.4 Å². The zero-order valence-corrected chi connectivity index (χ0v) is 25.2. The summed E-state index contributed by atoms with van der Waals surface area (Å²) >= 11 is 6.41. The van der Waals surface area contributed by atoms with Crippen molar-refractivity contribution in [2.75, 3.05) is 23.4 Å². The molecular weight excluding hydrogens is 582 g/mol. The van der Waals surface area contributed by atoms with Gasteiger partial charge in [0.25, 0.3) is 11.8 Å². The fraction of sp³-hybridized carbons (Fsp3) is 0.250. The summed E-state index contributed by atoms with van der Waals surface area (Å²) in [6.45, 7) is 6.14. The van der Waals surface area contributed by atoms with Gasteiger partial charge in [-0.05, 0) is 52.9 Å². The maximum atomic E-state index is 13.4. The van der Waals surface area contributed by atoms with Crippen LogP contribution in [0.5, 0.6) is 5.75 Å². The van der Waals surface area contributed by atoms with Gasteiger partial charge in [0.2, 0.25) is 10.0 Å². The Balaban J connectivity index is 1.60. The summed E-state index contributed by atoms with van der Waals surface area (Å²) in [7, 11) is -2.26. The molecule has 0 aliphatic carbocycles. The molecule has 0 bridgehead atoms. The molecule has 220 valence electrons. The Hall–Kier alpha value is -4.49. The zero-order chi connectivity index (χ0) is 30.7. The molecule has 0 unspecified atom stereocenters. The van der Waals surface area contributed by atoms with E-state index in [0.717, 1.165) is 17.4 Å². The molecule has 0 fully saturated rings. The Bertz CT molecular complexity index is 1740. The minimum Gasteiger partial charge on any atom is -0.492 e. The van der Waals surface area contributed by atoms with Crippen LogP contribution in [0.15, 0.2) is 61.1 Å². The number of benzene rings is 2. The maximum Gasteiger partial charge on any atom is 0.273 e. The smallest absolute Gasteiger partial charge is 0.273 e. The van der Waals surface area contributed by atoms with Crippen LogP contribution >= 0.6 is 11.6 Å². The van der Waals surface area contributed by atoms with Crippen molar-refractivity contribution in [3.05, 3.63) is 88.5 Å². The first kappa shape index (κ1) is 30.5. The Morgan fingerprint density at radius 3 is 2.45 bits per heavy atom. The summed E-state index contributed by atoms with van der Waals surface area (Å²) in [5.74, 6) is -0.814. The molecule has 4 aromatic rings. The van der Waals surface area contributed by atoms with Crippen LogP contribution in [-0.2, 0) is 22.0 Å². The fourth-order valence-corrected chi connectivity index (χ4v) is 4.69. The molecule has 4 rings (SSSR count). The first-order valence-corrected chi connectivity index (χ1v) is 14.9. The predicted molar refractivity (Wildman–Crippen MR) is 160 cm³/mol. The normalized spacial score (nSPS) is 11.6. The number of methoxy groups -OCH3 is 1. The molecule has 0 spiro atoms. The van der Waals surface area contributed by atoms with Crippen LogP contribution in [0, 0.1) is 0 Å². The number of pyridine rings is 1. The van der Waals surface area contributed by atoms with E-state index < -0.39 is 21.8 Å². The molecule has 0 saturated carbocycles. The molecule has 42 heavy (non-hydrogen) atoms. The number of ether oxygens (including phenoxy) is 1. The molecule has 12 nitrogen and oxygen atoms in total. The van der Waals surface area contributed by atoms with E-state index in [1.165, 1.54) is 36.2 Å². The highest BCUT2D eigenvalue weighted by molar-refractivity contribution is 7.92. The highest BCUT2D eigenvalue weighted by Crippen LogP contribution is 2.39. The molecule has 0 radical (unpaired) electrons. The van der Waals surface area contributed by atoms with E-state index in [1.807, 2.05) is 26.8 Å². The Labute approximate surface area is 248 Å². The molecule has 0 aliphatic rings. The number of sulfonamides is 1. The van der Waals surface area contributed by atoms with Gasteiger partial charge in [-0.3, -0.25) is 19.3 Å². The van der Waals surface area contributed by atoms with Crippen molar-refractivity contribution in [2.24, 2.45) is 0 Å². The predicted octanol–water partition coefficient (Wildman–Crippen LogP) is 4.18. The van der Waals surface area contributed by atoms with Crippen molar-refractivity contribution in [1.82, 2.24) is 25.3 Å². The molecule has 0 saturated heterocycles. The van der Waals surface area contributed by atoms with Crippen molar-refractivity contribution in [3.8, 4) is 11.4 Å². The lowest BCUT2D eigenvalue weighted by atomic mass is 9.86. The Kier molecular flexibility index (Phi) is 8.83. The topological polar surface area (TPSA) is 157 Å². The quantitative estimate of drug-likeness (QED) is 0.254. The number of nitrogens with zero attached hydrogens (tertiary/aromatic N) is 4. The second kappa shape index (κ2) is 12.2. The first-order valence-electron chi connectivity index (χ1n) is 12.7. The van der Waals surface area contributed by atoms with E-state index >= 15 is 0 Å². The van der Waals surface area contributed by atoms with Gasteiger partial charge in [-0.25, -0.2) is 13.1 Å². The average molecular weight is 612 g/mol. The second-order valence-electron chi connectivity index (χ2n) is 10.4. The first-order chi connectivity index (χ1) is 19.7. The van der Waals surface area contributed by atoms with E-state index in [0.29, 0.717) is 5.69 Å². The van der Waals surface area contributed by atoms with Crippen LogP contribution in [0.3, 0.4) is 0 Å². The maximum absolute atomic E-state index is 13.4. The standard InChI is InChI=1S/C28H30ClN7O5S/c1-28(2,3)19-12-21(25(41-4)22(13-19)34-42(5,39)40)32-26(37)18-8-9-20(29)24(11-18)36-16-23(33-35-36)27(38)31-15-17-7-6-10-30-14-17/h6-14,16,34H,15H2,1-5H3,(H,31,38)(H,32,37). The summed E-state index contributed by atoms with van der Waals surface area (Å²) in [6, 6.07) is 11.5. The number of rotatable bonds is 9. The van der Waals surface area contributed by atoms with Crippen molar-refractivity contribution >= 4 is 44.8 Å². The minimum absolute atomic E-state index is 0.0550. The van der Waals surface area contributed by atoms with Crippen molar-refractivity contribution < 1.29 is 22.7 Å². The number of halogens is 1. The van der Waals surface area contributed by atoms with Crippen molar-refractivity contribution in [1.29, 1.82) is 0 Å². The summed E-state index contributed by atoms with van der Waals surface area (Å²) in [5, 5.41) is 13.8. The molecule has 2 aromatic heterocycles. The molecule has 0 atom stereocenters. The molecule has 2 heterocycles. The zero-order valence-electron chi connectivity index (χ0n) is 23.6. The lowest BCUT2D eigenvalue weighted by Gasteiger charge is -2.24. The summed E-state index contributed by atoms with van der Waals surface area (Å²) in [6.07, 6.45) is 5.72. The molecule has 2 aromatic carbocycles. The Morgan fingerprint density at radius 1 is 1.07 bits per heavy atom. The number of carbonyl (C=O) groups is 2. The molecular formula is C28H30ClN7O5S. The monoisotopic (exact) mass is 611 g/mol. The third-order valence-corrected chi connectivity index (χ3v) is 6.97. The molecule has 2 amide bonds. The lowest BCUT2D eigenvalue weighted by molar-refractivity contribution is 0.0945. The van der Waals surface area contributed by atoms with Gasteiger partial charge in [0.1, 0.15) is 0 Å². The number of nitrogens with one attached hydrogen (secondary N) is 3. The van der Waals surface area contributed by atoms with Gasteiger partial charge >= 0.3 is 0 Å². The van der Waals surface area contributed by atoms with E-state index in [2.05, 4.69) is 30.7 Å². The van der Waals surface area contributed by atoms with Crippen molar-refractivity contribution in [2.45, 2.75) is 32.7 Å². The van der Waals surface area contributed by atoms with E-state index in [1.54, 1.807) is 30.6 Å². The summed E-state index contributed by atoms with van der Waals surface area (Å²) in [4.78, 5) is 30.0. The second-order valence-corrected chi connectivity index (χ2v) is 12.6. The van der Waals surface area contributed by atoms with Gasteiger partial charge in [-0.1, -0.05) is 43.7 Å². The van der Waals surface area contributed by atoms with Gasteiger partial charge < -0.3 is 15.4 Å². The fourth-order valence-electron chi connectivity index (χ4n) is 3.94.